The molecule has 0 heterocycles. The highest BCUT2D eigenvalue weighted by molar-refractivity contribution is 5.96. The van der Waals surface area contributed by atoms with Gasteiger partial charge in [0.25, 0.3) is 5.91 Å². The second-order valence-electron chi connectivity index (χ2n) is 5.19. The molecule has 4 heteroatoms. The fourth-order valence-electron chi connectivity index (χ4n) is 2.24. The standard InChI is InChI=1S/C17H21N3O/c1-12-4-6-13(7-5-12)11-20(3)16-9-8-14(10-15(16)18)17(21)19-2/h4-10H,11,18H2,1-3H3,(H,19,21). The zero-order chi connectivity index (χ0) is 15.4. The number of hydrogen-bond donors (Lipinski definition) is 2. The van der Waals surface area contributed by atoms with Gasteiger partial charge in [-0.1, -0.05) is 29.8 Å². The van der Waals surface area contributed by atoms with E-state index < -0.39 is 0 Å². The predicted octanol–water partition coefficient (Wildman–Crippen LogP) is 2.57. The molecule has 0 unspecified atom stereocenters. The van der Waals surface area contributed by atoms with Crippen molar-refractivity contribution in [3.05, 3.63) is 59.2 Å². The van der Waals surface area contributed by atoms with E-state index in [-0.39, 0.29) is 5.91 Å². The minimum atomic E-state index is -0.130. The molecule has 0 saturated carbocycles. The Morgan fingerprint density at radius 2 is 1.86 bits per heavy atom. The second-order valence-corrected chi connectivity index (χ2v) is 5.19. The van der Waals surface area contributed by atoms with Gasteiger partial charge in [-0.3, -0.25) is 4.79 Å². The molecular formula is C17H21N3O. The van der Waals surface area contributed by atoms with Crippen LogP contribution in [0.4, 0.5) is 11.4 Å². The van der Waals surface area contributed by atoms with Crippen molar-refractivity contribution in [3.63, 3.8) is 0 Å². The van der Waals surface area contributed by atoms with E-state index in [1.165, 1.54) is 11.1 Å². The Morgan fingerprint density at radius 1 is 1.19 bits per heavy atom. The summed E-state index contributed by atoms with van der Waals surface area (Å²) in [6.45, 7) is 2.84. The molecule has 0 saturated heterocycles. The molecule has 0 spiro atoms. The smallest absolute Gasteiger partial charge is 0.251 e. The molecule has 4 nitrogen and oxygen atoms in total. The van der Waals surface area contributed by atoms with Crippen molar-refractivity contribution in [2.45, 2.75) is 13.5 Å². The van der Waals surface area contributed by atoms with Crippen molar-refractivity contribution >= 4 is 17.3 Å². The monoisotopic (exact) mass is 283 g/mol. The number of anilines is 2. The highest BCUT2D eigenvalue weighted by Crippen LogP contribution is 2.24. The highest BCUT2D eigenvalue weighted by atomic mass is 16.1. The van der Waals surface area contributed by atoms with E-state index in [2.05, 4.69) is 41.4 Å². The van der Waals surface area contributed by atoms with E-state index in [1.807, 2.05) is 13.1 Å². The number of benzene rings is 2. The van der Waals surface area contributed by atoms with Crippen LogP contribution in [0, 0.1) is 6.92 Å². The fourth-order valence-corrected chi connectivity index (χ4v) is 2.24. The third kappa shape index (κ3) is 3.54. The summed E-state index contributed by atoms with van der Waals surface area (Å²) in [6, 6.07) is 13.8. The molecule has 0 atom stereocenters. The van der Waals surface area contributed by atoms with Crippen molar-refractivity contribution in [3.8, 4) is 0 Å². The van der Waals surface area contributed by atoms with E-state index >= 15 is 0 Å². The molecule has 2 aromatic rings. The lowest BCUT2D eigenvalue weighted by atomic mass is 10.1. The van der Waals surface area contributed by atoms with E-state index in [1.54, 1.807) is 19.2 Å². The van der Waals surface area contributed by atoms with Crippen LogP contribution in [0.3, 0.4) is 0 Å². The molecule has 110 valence electrons. The van der Waals surface area contributed by atoms with Crippen molar-refractivity contribution in [2.24, 2.45) is 0 Å². The molecule has 0 radical (unpaired) electrons. The zero-order valence-electron chi connectivity index (χ0n) is 12.7. The Hall–Kier alpha value is -2.49. The summed E-state index contributed by atoms with van der Waals surface area (Å²) in [5.74, 6) is -0.130. The molecule has 2 aromatic carbocycles. The van der Waals surface area contributed by atoms with Crippen LogP contribution < -0.4 is 16.0 Å². The Balaban J connectivity index is 2.17. The quantitative estimate of drug-likeness (QED) is 0.848. The largest absolute Gasteiger partial charge is 0.397 e. The Labute approximate surface area is 125 Å². The van der Waals surface area contributed by atoms with Gasteiger partial charge >= 0.3 is 0 Å². The molecule has 0 aliphatic rings. The van der Waals surface area contributed by atoms with E-state index in [4.69, 9.17) is 5.73 Å². The summed E-state index contributed by atoms with van der Waals surface area (Å²) in [5.41, 5.74) is 10.6. The van der Waals surface area contributed by atoms with Crippen molar-refractivity contribution in [1.82, 2.24) is 5.32 Å². The maximum Gasteiger partial charge on any atom is 0.251 e. The average molecular weight is 283 g/mol. The SMILES string of the molecule is CNC(=O)c1ccc(N(C)Cc2ccc(C)cc2)c(N)c1. The fraction of sp³-hybridized carbons (Fsp3) is 0.235. The van der Waals surface area contributed by atoms with Gasteiger partial charge in [0.2, 0.25) is 0 Å². The van der Waals surface area contributed by atoms with Crippen LogP contribution in [0.2, 0.25) is 0 Å². The van der Waals surface area contributed by atoms with Crippen LogP contribution in [0.5, 0.6) is 0 Å². The van der Waals surface area contributed by atoms with Crippen molar-refractivity contribution < 1.29 is 4.79 Å². The number of nitrogens with two attached hydrogens (primary N) is 1. The maximum atomic E-state index is 11.6. The molecule has 2 rings (SSSR count). The number of hydrogen-bond acceptors (Lipinski definition) is 3. The van der Waals surface area contributed by atoms with Crippen LogP contribution in [0.15, 0.2) is 42.5 Å². The van der Waals surface area contributed by atoms with Gasteiger partial charge in [0.15, 0.2) is 0 Å². The normalized spacial score (nSPS) is 10.2. The number of nitrogens with one attached hydrogen (secondary N) is 1. The summed E-state index contributed by atoms with van der Waals surface area (Å²) in [6.07, 6.45) is 0. The summed E-state index contributed by atoms with van der Waals surface area (Å²) in [5, 5.41) is 2.59. The summed E-state index contributed by atoms with van der Waals surface area (Å²) < 4.78 is 0. The van der Waals surface area contributed by atoms with Crippen LogP contribution in [0.25, 0.3) is 0 Å². The molecule has 1 amide bonds. The lowest BCUT2D eigenvalue weighted by molar-refractivity contribution is 0.0963. The number of rotatable bonds is 4. The number of aryl methyl sites for hydroxylation is 1. The van der Waals surface area contributed by atoms with Gasteiger partial charge in [-0.25, -0.2) is 0 Å². The average Bonchev–Trinajstić information content (AvgIpc) is 2.48. The van der Waals surface area contributed by atoms with Crippen LogP contribution in [-0.2, 0) is 6.54 Å². The first-order chi connectivity index (χ1) is 10.0. The second kappa shape index (κ2) is 6.31. The van der Waals surface area contributed by atoms with Gasteiger partial charge in [-0.15, -0.1) is 0 Å². The van der Waals surface area contributed by atoms with Crippen LogP contribution in [-0.4, -0.2) is 20.0 Å². The van der Waals surface area contributed by atoms with E-state index in [0.717, 1.165) is 12.2 Å². The van der Waals surface area contributed by atoms with Gasteiger partial charge in [0.1, 0.15) is 0 Å². The molecule has 21 heavy (non-hydrogen) atoms. The number of nitrogens with zero attached hydrogens (tertiary/aromatic N) is 1. The van der Waals surface area contributed by atoms with Gasteiger partial charge in [0.05, 0.1) is 11.4 Å². The molecular weight excluding hydrogens is 262 g/mol. The topological polar surface area (TPSA) is 58.4 Å². The van der Waals surface area contributed by atoms with Gasteiger partial charge in [-0.2, -0.15) is 0 Å². The minimum Gasteiger partial charge on any atom is -0.397 e. The molecule has 3 N–H and O–H groups in total. The van der Waals surface area contributed by atoms with Gasteiger partial charge < -0.3 is 16.0 Å². The first-order valence-electron chi connectivity index (χ1n) is 6.89. The molecule has 0 bridgehead atoms. The van der Waals surface area contributed by atoms with Crippen LogP contribution in [0.1, 0.15) is 21.5 Å². The third-order valence-electron chi connectivity index (χ3n) is 3.47. The van der Waals surface area contributed by atoms with E-state index in [0.29, 0.717) is 11.3 Å². The third-order valence-corrected chi connectivity index (χ3v) is 3.47. The van der Waals surface area contributed by atoms with Gasteiger partial charge in [-0.05, 0) is 30.7 Å². The maximum absolute atomic E-state index is 11.6. The summed E-state index contributed by atoms with van der Waals surface area (Å²) >= 11 is 0. The van der Waals surface area contributed by atoms with Crippen molar-refractivity contribution in [1.29, 1.82) is 0 Å². The number of amides is 1. The Bertz CT molecular complexity index is 635. The van der Waals surface area contributed by atoms with E-state index in [9.17, 15) is 4.79 Å². The molecule has 0 aliphatic heterocycles. The lowest BCUT2D eigenvalue weighted by Crippen LogP contribution is -2.20. The van der Waals surface area contributed by atoms with Crippen molar-refractivity contribution in [2.75, 3.05) is 24.7 Å². The zero-order valence-corrected chi connectivity index (χ0v) is 12.7. The number of carbonyl (C=O) groups is 1. The summed E-state index contributed by atoms with van der Waals surface area (Å²) in [7, 11) is 3.60. The minimum absolute atomic E-state index is 0.130. The molecule has 0 aromatic heterocycles. The Morgan fingerprint density at radius 3 is 2.43 bits per heavy atom. The molecule has 0 aliphatic carbocycles. The number of carbonyl (C=O) groups excluding carboxylic acids is 1. The first-order valence-corrected chi connectivity index (χ1v) is 6.89. The molecule has 0 fully saturated rings. The summed E-state index contributed by atoms with van der Waals surface area (Å²) in [4.78, 5) is 13.7. The van der Waals surface area contributed by atoms with Gasteiger partial charge in [0, 0.05) is 26.2 Å². The Kier molecular flexibility index (Phi) is 4.48. The lowest BCUT2D eigenvalue weighted by Gasteiger charge is -2.21. The first kappa shape index (κ1) is 14.9. The highest BCUT2D eigenvalue weighted by Gasteiger charge is 2.10. The van der Waals surface area contributed by atoms with Crippen LogP contribution >= 0.6 is 0 Å². The number of nitrogen functional groups attached to an aromatic ring is 1. The predicted molar refractivity (Wildman–Crippen MR) is 87.5 cm³/mol.